The van der Waals surface area contributed by atoms with Crippen LogP contribution in [0, 0.1) is 23.3 Å². The van der Waals surface area contributed by atoms with Crippen molar-refractivity contribution in [3.8, 4) is 0 Å². The third-order valence-electron chi connectivity index (χ3n) is 13.0. The first kappa shape index (κ1) is 61.6. The van der Waals surface area contributed by atoms with Crippen molar-refractivity contribution >= 4 is 34.1 Å². The Kier molecular flexibility index (Phi) is 15.2. The van der Waals surface area contributed by atoms with Gasteiger partial charge in [0.2, 0.25) is 0 Å². The number of halogens is 28. The normalized spacial score (nSPS) is 14.3. The first-order valence-electron chi connectivity index (χ1n) is 20.8. The topological polar surface area (TPSA) is 6.48 Å². The molecule has 0 saturated carbocycles. The maximum atomic E-state index is 15.7. The van der Waals surface area contributed by atoms with E-state index >= 15 is 17.6 Å². The third-order valence-corrected chi connectivity index (χ3v) is 13.0. The van der Waals surface area contributed by atoms with Crippen molar-refractivity contribution < 1.29 is 123 Å². The van der Waals surface area contributed by atoms with E-state index in [-0.39, 0.29) is 54.0 Å². The van der Waals surface area contributed by atoms with E-state index in [0.717, 1.165) is 30.3 Å². The van der Waals surface area contributed by atoms with Crippen molar-refractivity contribution in [3.63, 3.8) is 0 Å². The minimum Gasteiger partial charge on any atom is -0.310 e. The van der Waals surface area contributed by atoms with Crippen LogP contribution in [-0.2, 0) is 27.8 Å². The third kappa shape index (κ3) is 10.2. The Morgan fingerprint density at radius 2 is 0.558 bits per heavy atom. The van der Waals surface area contributed by atoms with Crippen molar-refractivity contribution in [1.29, 1.82) is 0 Å². The van der Waals surface area contributed by atoms with Crippen LogP contribution in [0.15, 0.2) is 91.0 Å². The molecule has 0 saturated heterocycles. The quantitative estimate of drug-likeness (QED) is 0.102. The number of nitrogens with zero attached hydrogens (tertiary/aromatic N) is 2. The van der Waals surface area contributed by atoms with Crippen LogP contribution >= 0.6 is 0 Å². The highest BCUT2D eigenvalue weighted by molar-refractivity contribution is 5.83. The van der Waals surface area contributed by atoms with Gasteiger partial charge in [-0.25, -0.2) is 17.6 Å². The van der Waals surface area contributed by atoms with Gasteiger partial charge in [-0.15, -0.1) is 0 Å². The monoisotopic (exact) mass is 1150 g/mol. The molecule has 0 spiro atoms. The van der Waals surface area contributed by atoms with Crippen molar-refractivity contribution in [1.82, 2.24) is 0 Å². The standard InChI is InChI=1S/C47H30F28N2/c1-36(2,41(55,56)57)21-15-22(37(3,42(58,59)60)43(61,62)63)18-28(17-21)76(29-19-23(38(4,44(64,65)66)45(67,68)69)16-24(20-29)39(5,46(70,71)72)47(73,74)75)26-11-13-27(14-12-26)77(25-9-7-6-8-10-25)35-33(50)31(48)30(40(52,53)54)32(49)34(35)51/h6-20H,1-5H3. The number of alkyl halides is 24. The Balaban J connectivity index is 2.11. The average Bonchev–Trinajstić information content (AvgIpc) is 3.26. The molecule has 0 atom stereocenters. The second kappa shape index (κ2) is 19.0. The Labute approximate surface area is 414 Å². The summed E-state index contributed by atoms with van der Waals surface area (Å²) in [7, 11) is 0. The van der Waals surface area contributed by atoms with Crippen LogP contribution in [0.4, 0.5) is 157 Å². The molecule has 0 aliphatic rings. The van der Waals surface area contributed by atoms with E-state index < -0.39 is 195 Å². The first-order valence-corrected chi connectivity index (χ1v) is 20.8. The molecule has 5 aromatic carbocycles. The van der Waals surface area contributed by atoms with Crippen molar-refractivity contribution in [3.05, 3.63) is 142 Å². The molecule has 0 N–H and O–H groups in total. The second-order valence-electron chi connectivity index (χ2n) is 18.0. The molecule has 0 aliphatic carbocycles. The van der Waals surface area contributed by atoms with Gasteiger partial charge in [0.1, 0.15) is 11.3 Å². The molecule has 0 bridgehead atoms. The van der Waals surface area contributed by atoms with Crippen molar-refractivity contribution in [2.75, 3.05) is 9.80 Å². The molecule has 77 heavy (non-hydrogen) atoms. The fourth-order valence-electron chi connectivity index (χ4n) is 7.58. The van der Waals surface area contributed by atoms with E-state index in [2.05, 4.69) is 0 Å². The Morgan fingerprint density at radius 1 is 0.286 bits per heavy atom. The molecule has 5 aromatic rings. The van der Waals surface area contributed by atoms with Crippen LogP contribution in [0.1, 0.15) is 62.4 Å². The lowest BCUT2D eigenvalue weighted by Gasteiger charge is -2.40. The maximum Gasteiger partial charge on any atom is 0.422 e. The highest BCUT2D eigenvalue weighted by Gasteiger charge is 2.72. The summed E-state index contributed by atoms with van der Waals surface area (Å²) in [6.07, 6.45) is -52.4. The average molecular weight is 1150 g/mol. The minimum absolute atomic E-state index is 0.0443. The van der Waals surface area contributed by atoms with Gasteiger partial charge in [-0.05, 0) is 118 Å². The molecule has 0 unspecified atom stereocenters. The van der Waals surface area contributed by atoms with Gasteiger partial charge in [0.05, 0.1) is 5.41 Å². The Hall–Kier alpha value is -6.26. The molecule has 0 heterocycles. The van der Waals surface area contributed by atoms with Crippen LogP contribution in [0.25, 0.3) is 0 Å². The fourth-order valence-corrected chi connectivity index (χ4v) is 7.58. The number of rotatable bonds is 10. The fraction of sp³-hybridized carbons (Fsp3) is 0.362. The zero-order valence-electron chi connectivity index (χ0n) is 38.6. The SMILES string of the molecule is CC(C)(c1cc(N(c2ccc(N(c3ccccc3)c3c(F)c(F)c(C(F)(F)F)c(F)c3F)cc2)c2cc(C(C)(C(F)(F)F)C(F)(F)F)cc(C(C)(C(F)(F)F)C(F)(F)F)c2)cc(C(C)(C(F)(F)F)C(F)(F)F)c1)C(F)(F)F. The predicted molar refractivity (Wildman–Crippen MR) is 218 cm³/mol. The van der Waals surface area contributed by atoms with Crippen molar-refractivity contribution in [2.45, 2.75) is 106 Å². The van der Waals surface area contributed by atoms with E-state index in [1.165, 1.54) is 0 Å². The molecular weight excluding hydrogens is 1120 g/mol. The number of benzene rings is 5. The Morgan fingerprint density at radius 3 is 0.844 bits per heavy atom. The second-order valence-corrected chi connectivity index (χ2v) is 18.0. The molecule has 0 radical (unpaired) electrons. The lowest BCUT2D eigenvalue weighted by Crippen LogP contribution is -2.53. The highest BCUT2D eigenvalue weighted by atomic mass is 19.4. The largest absolute Gasteiger partial charge is 0.422 e. The summed E-state index contributed by atoms with van der Waals surface area (Å²) in [6.45, 7) is -2.11. The number of anilines is 6. The Bertz CT molecular complexity index is 2840. The molecule has 0 aliphatic heterocycles. The number of hydrogen-bond donors (Lipinski definition) is 0. The van der Waals surface area contributed by atoms with Crippen molar-refractivity contribution in [2.24, 2.45) is 0 Å². The smallest absolute Gasteiger partial charge is 0.310 e. The van der Waals surface area contributed by atoms with Gasteiger partial charge in [0, 0.05) is 28.4 Å². The van der Waals surface area contributed by atoms with Crippen LogP contribution in [-0.4, -0.2) is 43.2 Å². The summed E-state index contributed by atoms with van der Waals surface area (Å²) in [5.41, 5.74) is -41.5. The van der Waals surface area contributed by atoms with E-state index in [1.54, 1.807) is 0 Å². The molecule has 5 rings (SSSR count). The van der Waals surface area contributed by atoms with E-state index in [4.69, 9.17) is 0 Å². The molecule has 0 aromatic heterocycles. The molecule has 0 fully saturated rings. The molecular formula is C47H30F28N2. The van der Waals surface area contributed by atoms with Crippen LogP contribution in [0.3, 0.4) is 0 Å². The summed E-state index contributed by atoms with van der Waals surface area (Å²) >= 11 is 0. The minimum atomic E-state index is -6.81. The zero-order valence-corrected chi connectivity index (χ0v) is 38.6. The van der Waals surface area contributed by atoms with Gasteiger partial charge in [-0.2, -0.15) is 105 Å². The first-order chi connectivity index (χ1) is 34.4. The van der Waals surface area contributed by atoms with Gasteiger partial charge in [-0.3, -0.25) is 0 Å². The summed E-state index contributed by atoms with van der Waals surface area (Å²) in [5.74, 6) is -11.8. The summed E-state index contributed by atoms with van der Waals surface area (Å²) in [6, 6.07) is 3.23. The lowest BCUT2D eigenvalue weighted by atomic mass is 9.74. The molecule has 30 heteroatoms. The van der Waals surface area contributed by atoms with Gasteiger partial charge in [0.15, 0.2) is 39.5 Å². The highest BCUT2D eigenvalue weighted by Crippen LogP contribution is 2.59. The van der Waals surface area contributed by atoms with Gasteiger partial charge in [0.25, 0.3) is 0 Å². The van der Waals surface area contributed by atoms with Crippen LogP contribution < -0.4 is 9.80 Å². The molecule has 0 amide bonds. The van der Waals surface area contributed by atoms with E-state index in [9.17, 15) is 105 Å². The van der Waals surface area contributed by atoms with Gasteiger partial charge < -0.3 is 9.80 Å². The summed E-state index contributed by atoms with van der Waals surface area (Å²) in [5, 5.41) is 0. The summed E-state index contributed by atoms with van der Waals surface area (Å²) in [4.78, 5) is -0.266. The molecule has 2 nitrogen and oxygen atoms in total. The number of para-hydroxylation sites is 1. The van der Waals surface area contributed by atoms with E-state index in [0.29, 0.717) is 12.1 Å². The molecule has 424 valence electrons. The lowest BCUT2D eigenvalue weighted by molar-refractivity contribution is -0.299. The summed E-state index contributed by atoms with van der Waals surface area (Å²) < 4.78 is 413. The predicted octanol–water partition coefficient (Wildman–Crippen LogP) is 19.2. The van der Waals surface area contributed by atoms with Crippen LogP contribution in [0.2, 0.25) is 0 Å². The van der Waals surface area contributed by atoms with E-state index in [1.807, 2.05) is 0 Å². The van der Waals surface area contributed by atoms with Gasteiger partial charge >= 0.3 is 49.4 Å². The van der Waals surface area contributed by atoms with Crippen LogP contribution in [0.5, 0.6) is 0 Å². The zero-order chi connectivity index (χ0) is 59.4. The number of hydrogen-bond acceptors (Lipinski definition) is 2. The maximum absolute atomic E-state index is 15.7. The van der Waals surface area contributed by atoms with Gasteiger partial charge in [-0.1, -0.05) is 30.3 Å².